The summed E-state index contributed by atoms with van der Waals surface area (Å²) in [6.45, 7) is 4.14. The smallest absolute Gasteiger partial charge is 0.128 e. The Morgan fingerprint density at radius 1 is 1.00 bits per heavy atom. The fourth-order valence-electron chi connectivity index (χ4n) is 4.60. The lowest BCUT2D eigenvalue weighted by Crippen LogP contribution is -2.34. The number of H-pyrrole nitrogens is 2. The minimum Gasteiger partial charge on any atom is -0.493 e. The molecule has 1 aliphatic heterocycles. The van der Waals surface area contributed by atoms with Crippen LogP contribution in [-0.4, -0.2) is 41.1 Å². The zero-order valence-corrected chi connectivity index (χ0v) is 17.2. The van der Waals surface area contributed by atoms with Crippen molar-refractivity contribution in [1.29, 1.82) is 0 Å². The van der Waals surface area contributed by atoms with E-state index in [-0.39, 0.29) is 0 Å². The van der Waals surface area contributed by atoms with Gasteiger partial charge >= 0.3 is 0 Å². The van der Waals surface area contributed by atoms with Crippen LogP contribution in [0.25, 0.3) is 21.8 Å². The van der Waals surface area contributed by atoms with Crippen LogP contribution < -0.4 is 4.74 Å². The van der Waals surface area contributed by atoms with E-state index in [1.807, 2.05) is 24.4 Å². The van der Waals surface area contributed by atoms with Gasteiger partial charge in [-0.1, -0.05) is 29.8 Å². The van der Waals surface area contributed by atoms with Crippen molar-refractivity contribution in [3.8, 4) is 5.75 Å². The third-order valence-corrected chi connectivity index (χ3v) is 6.47. The van der Waals surface area contributed by atoms with Crippen molar-refractivity contribution in [3.05, 3.63) is 65.4 Å². The summed E-state index contributed by atoms with van der Waals surface area (Å²) >= 11 is 6.32. The summed E-state index contributed by atoms with van der Waals surface area (Å²) < 4.78 is 6.04. The van der Waals surface area contributed by atoms with E-state index in [1.54, 1.807) is 0 Å². The van der Waals surface area contributed by atoms with E-state index < -0.39 is 0 Å². The zero-order chi connectivity index (χ0) is 19.6. The Kier molecular flexibility index (Phi) is 5.21. The highest BCUT2D eigenvalue weighted by Crippen LogP contribution is 2.35. The Hall–Kier alpha value is -2.43. The van der Waals surface area contributed by atoms with Gasteiger partial charge < -0.3 is 19.6 Å². The summed E-state index contributed by atoms with van der Waals surface area (Å²) in [4.78, 5) is 9.17. The number of likely N-dealkylation sites (tertiary alicyclic amines) is 1. The van der Waals surface area contributed by atoms with Crippen molar-refractivity contribution in [2.75, 3.05) is 26.2 Å². The van der Waals surface area contributed by atoms with Crippen molar-refractivity contribution in [3.63, 3.8) is 0 Å². The number of aromatic nitrogens is 2. The van der Waals surface area contributed by atoms with E-state index in [9.17, 15) is 0 Å². The second kappa shape index (κ2) is 8.13. The molecule has 1 fully saturated rings. The molecular formula is C24H26ClN3O. The maximum absolute atomic E-state index is 6.32. The van der Waals surface area contributed by atoms with E-state index in [0.29, 0.717) is 5.92 Å². The van der Waals surface area contributed by atoms with Gasteiger partial charge in [-0.2, -0.15) is 0 Å². The topological polar surface area (TPSA) is 44.0 Å². The van der Waals surface area contributed by atoms with Gasteiger partial charge in [0.1, 0.15) is 5.75 Å². The number of halogens is 1. The molecule has 29 heavy (non-hydrogen) atoms. The Balaban J connectivity index is 1.12. The highest BCUT2D eigenvalue weighted by molar-refractivity contribution is 6.35. The number of hydrogen-bond acceptors (Lipinski definition) is 2. The molecule has 0 radical (unpaired) electrons. The largest absolute Gasteiger partial charge is 0.493 e. The number of ether oxygens (including phenoxy) is 1. The molecule has 5 rings (SSSR count). The molecule has 150 valence electrons. The maximum atomic E-state index is 6.32. The molecule has 1 aliphatic rings. The molecule has 3 heterocycles. The highest BCUT2D eigenvalue weighted by atomic mass is 35.5. The first-order valence-corrected chi connectivity index (χ1v) is 10.8. The zero-order valence-electron chi connectivity index (χ0n) is 16.5. The van der Waals surface area contributed by atoms with Gasteiger partial charge in [-0.05, 0) is 68.1 Å². The van der Waals surface area contributed by atoms with E-state index in [4.69, 9.17) is 16.3 Å². The first kappa shape index (κ1) is 18.6. The van der Waals surface area contributed by atoms with E-state index >= 15 is 0 Å². The number of nitrogens with one attached hydrogen (secondary N) is 2. The molecule has 4 aromatic rings. The van der Waals surface area contributed by atoms with Gasteiger partial charge in [-0.15, -0.1) is 0 Å². The number of piperidine rings is 1. The fraction of sp³-hybridized carbons (Fsp3) is 0.333. The maximum Gasteiger partial charge on any atom is 0.128 e. The molecule has 0 bridgehead atoms. The van der Waals surface area contributed by atoms with Crippen LogP contribution in [0.2, 0.25) is 5.02 Å². The van der Waals surface area contributed by atoms with E-state index in [2.05, 4.69) is 45.3 Å². The van der Waals surface area contributed by atoms with Crippen molar-refractivity contribution < 1.29 is 4.74 Å². The summed E-state index contributed by atoms with van der Waals surface area (Å²) in [7, 11) is 0. The van der Waals surface area contributed by atoms with Gasteiger partial charge in [0.05, 0.1) is 17.1 Å². The number of rotatable bonds is 6. The second-order valence-electron chi connectivity index (χ2n) is 7.92. The minimum absolute atomic E-state index is 0.612. The molecule has 2 aromatic carbocycles. The highest BCUT2D eigenvalue weighted by Gasteiger charge is 2.23. The minimum atomic E-state index is 0.612. The fourth-order valence-corrected chi connectivity index (χ4v) is 4.83. The van der Waals surface area contributed by atoms with Gasteiger partial charge in [0, 0.05) is 35.2 Å². The average molecular weight is 408 g/mol. The Bertz CT molecular complexity index is 1110. The first-order chi connectivity index (χ1) is 14.3. The molecule has 4 nitrogen and oxygen atoms in total. The summed E-state index contributed by atoms with van der Waals surface area (Å²) in [5.74, 6) is 1.58. The molecule has 0 saturated carbocycles. The third-order valence-electron chi connectivity index (χ3n) is 6.16. The summed E-state index contributed by atoms with van der Waals surface area (Å²) in [6.07, 6.45) is 7.57. The van der Waals surface area contributed by atoms with E-state index in [1.165, 1.54) is 23.8 Å². The first-order valence-electron chi connectivity index (χ1n) is 10.5. The summed E-state index contributed by atoms with van der Waals surface area (Å²) in [5.41, 5.74) is 3.62. The predicted octanol–water partition coefficient (Wildman–Crippen LogP) is 5.95. The normalized spacial score (nSPS) is 16.0. The van der Waals surface area contributed by atoms with Crippen molar-refractivity contribution in [2.24, 2.45) is 0 Å². The van der Waals surface area contributed by atoms with Gasteiger partial charge in [0.25, 0.3) is 0 Å². The number of hydrogen-bond donors (Lipinski definition) is 2. The molecule has 5 heteroatoms. The van der Waals surface area contributed by atoms with Crippen LogP contribution in [-0.2, 0) is 0 Å². The summed E-state index contributed by atoms with van der Waals surface area (Å²) in [5, 5.41) is 3.25. The van der Waals surface area contributed by atoms with Crippen LogP contribution in [0.3, 0.4) is 0 Å². The molecule has 0 unspecified atom stereocenters. The molecule has 0 aliphatic carbocycles. The quantitative estimate of drug-likeness (QED) is 0.388. The molecule has 1 saturated heterocycles. The predicted molar refractivity (Wildman–Crippen MR) is 120 cm³/mol. The number of aromatic amines is 2. The Morgan fingerprint density at radius 3 is 2.76 bits per heavy atom. The SMILES string of the molecule is Clc1cccc2c(C3CCN(CCCOc4cccc5[nH]ccc45)CC3)c[nH]c12. The van der Waals surface area contributed by atoms with Crippen molar-refractivity contribution >= 4 is 33.4 Å². The molecular weight excluding hydrogens is 382 g/mol. The standard InChI is InChI=1S/C24H26ClN3O/c25-21-5-1-4-18-20(16-27-24(18)21)17-9-13-28(14-10-17)12-3-15-29-23-7-2-6-22-19(23)8-11-26-22/h1-2,4-8,11,16-17,26-27H,3,9-10,12-15H2. The molecule has 2 N–H and O–H groups in total. The molecule has 0 atom stereocenters. The third kappa shape index (κ3) is 3.75. The van der Waals surface area contributed by atoms with E-state index in [0.717, 1.165) is 59.9 Å². The Morgan fingerprint density at radius 2 is 1.86 bits per heavy atom. The number of benzene rings is 2. The second-order valence-corrected chi connectivity index (χ2v) is 8.33. The Labute approximate surface area is 175 Å². The lowest BCUT2D eigenvalue weighted by molar-refractivity contribution is 0.193. The van der Waals surface area contributed by atoms with Gasteiger partial charge in [-0.3, -0.25) is 0 Å². The average Bonchev–Trinajstić information content (AvgIpc) is 3.40. The van der Waals surface area contributed by atoms with Crippen LogP contribution in [0, 0.1) is 0 Å². The van der Waals surface area contributed by atoms with Crippen LogP contribution >= 0.6 is 11.6 Å². The van der Waals surface area contributed by atoms with Crippen LogP contribution in [0.4, 0.5) is 0 Å². The van der Waals surface area contributed by atoms with Gasteiger partial charge in [-0.25, -0.2) is 0 Å². The van der Waals surface area contributed by atoms with Crippen molar-refractivity contribution in [2.45, 2.75) is 25.2 Å². The monoisotopic (exact) mass is 407 g/mol. The lowest BCUT2D eigenvalue weighted by atomic mass is 9.89. The number of nitrogens with zero attached hydrogens (tertiary/aromatic N) is 1. The molecule has 0 spiro atoms. The summed E-state index contributed by atoms with van der Waals surface area (Å²) in [6, 6.07) is 14.4. The van der Waals surface area contributed by atoms with Gasteiger partial charge in [0.15, 0.2) is 0 Å². The molecule has 2 aromatic heterocycles. The van der Waals surface area contributed by atoms with Crippen LogP contribution in [0.15, 0.2) is 54.9 Å². The number of fused-ring (bicyclic) bond motifs is 2. The number of para-hydroxylation sites is 1. The van der Waals surface area contributed by atoms with Crippen LogP contribution in [0.5, 0.6) is 5.75 Å². The van der Waals surface area contributed by atoms with Crippen LogP contribution in [0.1, 0.15) is 30.7 Å². The van der Waals surface area contributed by atoms with Crippen molar-refractivity contribution in [1.82, 2.24) is 14.9 Å². The molecule has 0 amide bonds. The lowest BCUT2D eigenvalue weighted by Gasteiger charge is -2.31. The van der Waals surface area contributed by atoms with Gasteiger partial charge in [0.2, 0.25) is 0 Å².